The average Bonchev–Trinajstić information content (AvgIpc) is 3.03. The second kappa shape index (κ2) is 10.0. The summed E-state index contributed by atoms with van der Waals surface area (Å²) in [6.07, 6.45) is 7.81. The Morgan fingerprint density at radius 1 is 1.07 bits per heavy atom. The molecule has 0 bridgehead atoms. The molecule has 29 heavy (non-hydrogen) atoms. The van der Waals surface area contributed by atoms with E-state index in [1.807, 2.05) is 38.1 Å². The smallest absolute Gasteiger partial charge is 0.315 e. The van der Waals surface area contributed by atoms with Gasteiger partial charge in [0.15, 0.2) is 0 Å². The molecule has 154 valence electrons. The lowest BCUT2D eigenvalue weighted by atomic mass is 10.0. The van der Waals surface area contributed by atoms with Crippen molar-refractivity contribution >= 4 is 11.9 Å². The lowest BCUT2D eigenvalue weighted by Gasteiger charge is -2.13. The van der Waals surface area contributed by atoms with Crippen molar-refractivity contribution < 1.29 is 9.59 Å². The van der Waals surface area contributed by atoms with Gasteiger partial charge in [-0.1, -0.05) is 12.8 Å². The molecule has 2 aromatic heterocycles. The first-order valence-electron chi connectivity index (χ1n) is 10.2. The van der Waals surface area contributed by atoms with E-state index in [2.05, 4.69) is 25.9 Å². The van der Waals surface area contributed by atoms with E-state index in [4.69, 9.17) is 0 Å². The highest BCUT2D eigenvalue weighted by Crippen LogP contribution is 2.16. The average molecular weight is 396 g/mol. The number of amides is 3. The van der Waals surface area contributed by atoms with Gasteiger partial charge in [-0.15, -0.1) is 0 Å². The van der Waals surface area contributed by atoms with E-state index in [1.165, 1.54) is 0 Å². The van der Waals surface area contributed by atoms with E-state index in [0.717, 1.165) is 48.2 Å². The van der Waals surface area contributed by atoms with Crippen LogP contribution in [0.3, 0.4) is 0 Å². The molecule has 0 aromatic carbocycles. The van der Waals surface area contributed by atoms with Crippen molar-refractivity contribution in [2.45, 2.75) is 64.6 Å². The molecule has 0 radical (unpaired) electrons. The molecule has 0 unspecified atom stereocenters. The zero-order chi connectivity index (χ0) is 20.6. The first-order chi connectivity index (χ1) is 14.0. The van der Waals surface area contributed by atoms with E-state index in [-0.39, 0.29) is 24.0 Å². The summed E-state index contributed by atoms with van der Waals surface area (Å²) < 4.78 is 0. The Morgan fingerprint density at radius 2 is 1.83 bits per heavy atom. The van der Waals surface area contributed by atoms with Crippen molar-refractivity contribution in [3.05, 3.63) is 47.8 Å². The van der Waals surface area contributed by atoms with Gasteiger partial charge >= 0.3 is 6.03 Å². The molecule has 0 spiro atoms. The molecule has 1 aliphatic rings. The van der Waals surface area contributed by atoms with Gasteiger partial charge in [0, 0.05) is 31.4 Å². The SMILES string of the molecule is Cc1ccnc(-c2cc(CNC(=O)CCCCC[C@H]3NC(=O)N[C@H]3C)ccn2)c1. The Morgan fingerprint density at radius 3 is 2.55 bits per heavy atom. The van der Waals surface area contributed by atoms with Crippen LogP contribution in [0.1, 0.15) is 50.2 Å². The number of hydrogen-bond donors (Lipinski definition) is 3. The van der Waals surface area contributed by atoms with Crippen LogP contribution in [0.25, 0.3) is 11.4 Å². The molecular formula is C22H29N5O2. The number of pyridine rings is 2. The van der Waals surface area contributed by atoms with E-state index < -0.39 is 0 Å². The summed E-state index contributed by atoms with van der Waals surface area (Å²) in [5.41, 5.74) is 3.78. The molecule has 3 rings (SSSR count). The summed E-state index contributed by atoms with van der Waals surface area (Å²) in [7, 11) is 0. The highest BCUT2D eigenvalue weighted by Gasteiger charge is 2.26. The third-order valence-electron chi connectivity index (χ3n) is 5.19. The summed E-state index contributed by atoms with van der Waals surface area (Å²) >= 11 is 0. The first kappa shape index (κ1) is 20.8. The standard InChI is InChI=1S/C22H29N5O2/c1-15-8-10-23-19(12-15)20-13-17(9-11-24-20)14-25-21(28)7-5-3-4-6-18-16(2)26-22(29)27-18/h8-13,16,18H,3-7,14H2,1-2H3,(H,25,28)(H2,26,27,29)/t16-,18+/m0/s1. The van der Waals surface area contributed by atoms with Crippen molar-refractivity contribution in [1.29, 1.82) is 0 Å². The Kier molecular flexibility index (Phi) is 7.16. The van der Waals surface area contributed by atoms with Gasteiger partial charge in [0.05, 0.1) is 17.4 Å². The minimum atomic E-state index is -0.0840. The van der Waals surface area contributed by atoms with Gasteiger partial charge in [0.2, 0.25) is 5.91 Å². The number of aryl methyl sites for hydroxylation is 1. The van der Waals surface area contributed by atoms with E-state index >= 15 is 0 Å². The van der Waals surface area contributed by atoms with Gasteiger partial charge in [-0.2, -0.15) is 0 Å². The second-order valence-corrected chi connectivity index (χ2v) is 7.66. The number of unbranched alkanes of at least 4 members (excludes halogenated alkanes) is 2. The Labute approximate surface area is 171 Å². The van der Waals surface area contributed by atoms with Crippen LogP contribution in [-0.4, -0.2) is 34.0 Å². The summed E-state index contributed by atoms with van der Waals surface area (Å²) in [6.45, 7) is 4.52. The van der Waals surface area contributed by atoms with Crippen LogP contribution < -0.4 is 16.0 Å². The Hall–Kier alpha value is -2.96. The molecule has 2 aromatic rings. The van der Waals surface area contributed by atoms with Gasteiger partial charge in [-0.3, -0.25) is 14.8 Å². The zero-order valence-electron chi connectivity index (χ0n) is 17.1. The van der Waals surface area contributed by atoms with E-state index in [9.17, 15) is 9.59 Å². The van der Waals surface area contributed by atoms with Crippen molar-refractivity contribution in [3.63, 3.8) is 0 Å². The van der Waals surface area contributed by atoms with E-state index in [0.29, 0.717) is 13.0 Å². The van der Waals surface area contributed by atoms with Gasteiger partial charge < -0.3 is 16.0 Å². The monoisotopic (exact) mass is 395 g/mol. The fraction of sp³-hybridized carbons (Fsp3) is 0.455. The zero-order valence-corrected chi connectivity index (χ0v) is 17.1. The van der Waals surface area contributed by atoms with Crippen LogP contribution in [0.15, 0.2) is 36.7 Å². The van der Waals surface area contributed by atoms with Gasteiger partial charge in [0.25, 0.3) is 0 Å². The predicted octanol–water partition coefficient (Wildman–Crippen LogP) is 3.09. The topological polar surface area (TPSA) is 96.0 Å². The van der Waals surface area contributed by atoms with Crippen LogP contribution in [0.5, 0.6) is 0 Å². The molecule has 1 aliphatic heterocycles. The number of urea groups is 1. The Balaban J connectivity index is 1.36. The molecule has 2 atom stereocenters. The minimum absolute atomic E-state index is 0.0567. The Bertz CT molecular complexity index is 855. The van der Waals surface area contributed by atoms with E-state index in [1.54, 1.807) is 12.4 Å². The molecule has 7 nitrogen and oxygen atoms in total. The fourth-order valence-electron chi connectivity index (χ4n) is 3.48. The van der Waals surface area contributed by atoms with Crippen molar-refractivity contribution in [2.24, 2.45) is 0 Å². The number of carbonyl (C=O) groups excluding carboxylic acids is 2. The lowest BCUT2D eigenvalue weighted by molar-refractivity contribution is -0.121. The number of aromatic nitrogens is 2. The number of nitrogens with one attached hydrogen (secondary N) is 3. The quantitative estimate of drug-likeness (QED) is 0.569. The van der Waals surface area contributed by atoms with Gasteiger partial charge in [-0.05, 0) is 62.1 Å². The molecule has 3 N–H and O–H groups in total. The summed E-state index contributed by atoms with van der Waals surface area (Å²) in [5.74, 6) is 0.0567. The molecule has 1 saturated heterocycles. The predicted molar refractivity (Wildman–Crippen MR) is 112 cm³/mol. The molecule has 7 heteroatoms. The van der Waals surface area contributed by atoms with Gasteiger partial charge in [0.1, 0.15) is 0 Å². The highest BCUT2D eigenvalue weighted by atomic mass is 16.2. The van der Waals surface area contributed by atoms with Crippen LogP contribution >= 0.6 is 0 Å². The van der Waals surface area contributed by atoms with Crippen LogP contribution in [0.4, 0.5) is 4.79 Å². The maximum absolute atomic E-state index is 12.1. The summed E-state index contributed by atoms with van der Waals surface area (Å²) in [6, 6.07) is 8.11. The largest absolute Gasteiger partial charge is 0.352 e. The fourth-order valence-corrected chi connectivity index (χ4v) is 3.48. The number of rotatable bonds is 9. The number of carbonyl (C=O) groups is 2. The second-order valence-electron chi connectivity index (χ2n) is 7.66. The highest BCUT2D eigenvalue weighted by molar-refractivity contribution is 5.77. The summed E-state index contributed by atoms with van der Waals surface area (Å²) in [5, 5.41) is 8.75. The van der Waals surface area contributed by atoms with Crippen molar-refractivity contribution in [1.82, 2.24) is 25.9 Å². The van der Waals surface area contributed by atoms with Gasteiger partial charge in [-0.25, -0.2) is 4.79 Å². The third kappa shape index (κ3) is 6.27. The van der Waals surface area contributed by atoms with Crippen molar-refractivity contribution in [3.8, 4) is 11.4 Å². The maximum Gasteiger partial charge on any atom is 0.315 e. The normalized spacial score (nSPS) is 18.2. The first-order valence-corrected chi connectivity index (χ1v) is 10.2. The maximum atomic E-state index is 12.1. The molecule has 1 fully saturated rings. The molecule has 3 amide bonds. The van der Waals surface area contributed by atoms with Crippen LogP contribution in [-0.2, 0) is 11.3 Å². The van der Waals surface area contributed by atoms with Crippen LogP contribution in [0, 0.1) is 6.92 Å². The molecule has 3 heterocycles. The number of nitrogens with zero attached hydrogens (tertiary/aromatic N) is 2. The molecule has 0 saturated carbocycles. The number of hydrogen-bond acceptors (Lipinski definition) is 4. The summed E-state index contributed by atoms with van der Waals surface area (Å²) in [4.78, 5) is 32.1. The van der Waals surface area contributed by atoms with Crippen molar-refractivity contribution in [2.75, 3.05) is 0 Å². The van der Waals surface area contributed by atoms with Crippen LogP contribution in [0.2, 0.25) is 0 Å². The minimum Gasteiger partial charge on any atom is -0.352 e. The molecular weight excluding hydrogens is 366 g/mol. The lowest BCUT2D eigenvalue weighted by Crippen LogP contribution is -2.30. The third-order valence-corrected chi connectivity index (χ3v) is 5.19. The molecule has 0 aliphatic carbocycles.